The first-order chi connectivity index (χ1) is 13.9. The molecule has 1 heterocycles. The van der Waals surface area contributed by atoms with Gasteiger partial charge in [0, 0.05) is 23.9 Å². The molecule has 3 aromatic rings. The van der Waals surface area contributed by atoms with Crippen molar-refractivity contribution >= 4 is 5.97 Å². The Balaban J connectivity index is 1.82. The Morgan fingerprint density at radius 2 is 1.79 bits per heavy atom. The lowest BCUT2D eigenvalue weighted by molar-refractivity contribution is -0.147. The number of nitrogens with zero attached hydrogens (tertiary/aromatic N) is 2. The molecule has 0 atom stereocenters. The third-order valence-corrected chi connectivity index (χ3v) is 5.27. The number of aliphatic carboxylic acids is 1. The highest BCUT2D eigenvalue weighted by Gasteiger charge is 2.26. The van der Waals surface area contributed by atoms with Crippen LogP contribution in [0.2, 0.25) is 0 Å². The summed E-state index contributed by atoms with van der Waals surface area (Å²) in [6, 6.07) is 18.6. The summed E-state index contributed by atoms with van der Waals surface area (Å²) in [6.45, 7) is 6.92. The second-order valence-electron chi connectivity index (χ2n) is 7.95. The standard InChI is InChI=1S/C24H29N3O2/c1-4-18-10-12-19(13-11-18)22-20(16-25-15-14-24(2,3)23(28)29)17-27(26-22)21-8-6-5-7-9-21/h5-13,17,25H,4,14-16H2,1-3H3,(H,28,29). The number of hydrogen-bond acceptors (Lipinski definition) is 3. The van der Waals surface area contributed by atoms with Crippen LogP contribution >= 0.6 is 0 Å². The van der Waals surface area contributed by atoms with Gasteiger partial charge in [0.25, 0.3) is 0 Å². The summed E-state index contributed by atoms with van der Waals surface area (Å²) in [7, 11) is 0. The van der Waals surface area contributed by atoms with Crippen molar-refractivity contribution in [3.05, 3.63) is 71.9 Å². The lowest BCUT2D eigenvalue weighted by Gasteiger charge is -2.18. The fourth-order valence-corrected chi connectivity index (χ4v) is 3.12. The molecule has 0 spiro atoms. The van der Waals surface area contributed by atoms with Gasteiger partial charge >= 0.3 is 5.97 Å². The topological polar surface area (TPSA) is 67.2 Å². The van der Waals surface area contributed by atoms with Gasteiger partial charge in [-0.3, -0.25) is 4.79 Å². The summed E-state index contributed by atoms with van der Waals surface area (Å²) in [6.07, 6.45) is 3.62. The van der Waals surface area contributed by atoms with Crippen LogP contribution in [0.15, 0.2) is 60.8 Å². The molecule has 5 heteroatoms. The molecule has 0 unspecified atom stereocenters. The largest absolute Gasteiger partial charge is 0.481 e. The summed E-state index contributed by atoms with van der Waals surface area (Å²) in [5, 5.41) is 17.5. The zero-order chi connectivity index (χ0) is 20.9. The predicted octanol–water partition coefficient (Wildman–Crippen LogP) is 4.69. The number of hydrogen-bond donors (Lipinski definition) is 2. The molecule has 0 radical (unpaired) electrons. The minimum atomic E-state index is -0.770. The molecule has 5 nitrogen and oxygen atoms in total. The van der Waals surface area contributed by atoms with Crippen molar-refractivity contribution in [3.8, 4) is 16.9 Å². The van der Waals surface area contributed by atoms with Gasteiger partial charge in [-0.25, -0.2) is 4.68 Å². The Morgan fingerprint density at radius 3 is 2.41 bits per heavy atom. The Hall–Kier alpha value is -2.92. The summed E-state index contributed by atoms with van der Waals surface area (Å²) >= 11 is 0. The van der Waals surface area contributed by atoms with Gasteiger partial charge in [0.2, 0.25) is 0 Å². The van der Waals surface area contributed by atoms with Crippen LogP contribution in [0.5, 0.6) is 0 Å². The monoisotopic (exact) mass is 391 g/mol. The number of aromatic nitrogens is 2. The number of carboxylic acid groups (broad SMARTS) is 1. The van der Waals surface area contributed by atoms with Crippen LogP contribution < -0.4 is 5.32 Å². The number of para-hydroxylation sites is 1. The first-order valence-electron chi connectivity index (χ1n) is 10.1. The van der Waals surface area contributed by atoms with Crippen molar-refractivity contribution in [2.24, 2.45) is 5.41 Å². The van der Waals surface area contributed by atoms with Crippen LogP contribution in [0.25, 0.3) is 16.9 Å². The first kappa shape index (κ1) is 20.8. The van der Waals surface area contributed by atoms with Crippen LogP contribution in [0.4, 0.5) is 0 Å². The zero-order valence-electron chi connectivity index (χ0n) is 17.4. The maximum atomic E-state index is 11.3. The van der Waals surface area contributed by atoms with Crippen molar-refractivity contribution < 1.29 is 9.90 Å². The van der Waals surface area contributed by atoms with Crippen LogP contribution in [0, 0.1) is 5.41 Å². The Labute approximate surface area is 172 Å². The van der Waals surface area contributed by atoms with Gasteiger partial charge in [-0.2, -0.15) is 5.10 Å². The first-order valence-corrected chi connectivity index (χ1v) is 10.1. The van der Waals surface area contributed by atoms with Gasteiger partial charge in [0.05, 0.1) is 16.8 Å². The molecule has 0 aliphatic rings. The highest BCUT2D eigenvalue weighted by molar-refractivity contribution is 5.73. The molecular formula is C24H29N3O2. The second-order valence-corrected chi connectivity index (χ2v) is 7.95. The van der Waals surface area contributed by atoms with Crippen LogP contribution in [0.1, 0.15) is 38.3 Å². The van der Waals surface area contributed by atoms with E-state index in [-0.39, 0.29) is 0 Å². The average molecular weight is 392 g/mol. The fraction of sp³-hybridized carbons (Fsp3) is 0.333. The van der Waals surface area contributed by atoms with Gasteiger partial charge in [-0.05, 0) is 50.9 Å². The molecule has 0 aliphatic heterocycles. The maximum Gasteiger partial charge on any atom is 0.309 e. The summed E-state index contributed by atoms with van der Waals surface area (Å²) in [5.74, 6) is -0.770. The van der Waals surface area contributed by atoms with Crippen molar-refractivity contribution in [3.63, 3.8) is 0 Å². The van der Waals surface area contributed by atoms with E-state index in [1.54, 1.807) is 13.8 Å². The smallest absolute Gasteiger partial charge is 0.309 e. The number of carbonyl (C=O) groups is 1. The van der Waals surface area contributed by atoms with E-state index in [0.717, 1.165) is 28.9 Å². The molecule has 2 aromatic carbocycles. The molecule has 0 saturated heterocycles. The average Bonchev–Trinajstić information content (AvgIpc) is 3.16. The molecule has 2 N–H and O–H groups in total. The minimum Gasteiger partial charge on any atom is -0.481 e. The van der Waals surface area contributed by atoms with E-state index in [2.05, 4.69) is 36.5 Å². The van der Waals surface area contributed by atoms with Crippen molar-refractivity contribution in [1.29, 1.82) is 0 Å². The van der Waals surface area contributed by atoms with E-state index < -0.39 is 11.4 Å². The van der Waals surface area contributed by atoms with Crippen LogP contribution in [-0.4, -0.2) is 27.4 Å². The number of nitrogens with one attached hydrogen (secondary N) is 1. The molecule has 0 aliphatic carbocycles. The number of aryl methyl sites for hydroxylation is 1. The van der Waals surface area contributed by atoms with Gasteiger partial charge in [0.15, 0.2) is 0 Å². The summed E-state index contributed by atoms with van der Waals surface area (Å²) in [4.78, 5) is 11.3. The SMILES string of the molecule is CCc1ccc(-c2nn(-c3ccccc3)cc2CNCCC(C)(C)C(=O)O)cc1. The number of benzene rings is 2. The highest BCUT2D eigenvalue weighted by Crippen LogP contribution is 2.25. The fourth-order valence-electron chi connectivity index (χ4n) is 3.12. The van der Waals surface area contributed by atoms with Crippen LogP contribution in [-0.2, 0) is 17.8 Å². The lowest BCUT2D eigenvalue weighted by atomic mass is 9.90. The molecule has 0 bridgehead atoms. The Bertz CT molecular complexity index is 944. The van der Waals surface area contributed by atoms with Gasteiger partial charge in [-0.15, -0.1) is 0 Å². The van der Waals surface area contributed by atoms with Crippen LogP contribution in [0.3, 0.4) is 0 Å². The maximum absolute atomic E-state index is 11.3. The van der Waals surface area contributed by atoms with Crippen molar-refractivity contribution in [1.82, 2.24) is 15.1 Å². The summed E-state index contributed by atoms with van der Waals surface area (Å²) < 4.78 is 1.90. The molecule has 0 saturated carbocycles. The predicted molar refractivity (Wildman–Crippen MR) is 116 cm³/mol. The quantitative estimate of drug-likeness (QED) is 0.519. The Kier molecular flexibility index (Phi) is 6.49. The van der Waals surface area contributed by atoms with Gasteiger partial charge in [0.1, 0.15) is 0 Å². The molecule has 1 aromatic heterocycles. The zero-order valence-corrected chi connectivity index (χ0v) is 17.4. The van der Waals surface area contributed by atoms with Gasteiger partial charge < -0.3 is 10.4 Å². The molecule has 0 amide bonds. The minimum absolute atomic E-state index is 0.565. The van der Waals surface area contributed by atoms with E-state index >= 15 is 0 Å². The van der Waals surface area contributed by atoms with E-state index in [1.807, 2.05) is 41.2 Å². The number of rotatable bonds is 9. The lowest BCUT2D eigenvalue weighted by Crippen LogP contribution is -2.28. The molecule has 29 heavy (non-hydrogen) atoms. The third-order valence-electron chi connectivity index (χ3n) is 5.27. The van der Waals surface area contributed by atoms with E-state index in [1.165, 1.54) is 5.56 Å². The molecule has 152 valence electrons. The molecule has 0 fully saturated rings. The van der Waals surface area contributed by atoms with E-state index in [4.69, 9.17) is 5.10 Å². The van der Waals surface area contributed by atoms with Crippen molar-refractivity contribution in [2.45, 2.75) is 40.2 Å². The third kappa shape index (κ3) is 5.12. The molecule has 3 rings (SSSR count). The molecular weight excluding hydrogens is 362 g/mol. The second kappa shape index (κ2) is 9.05. The van der Waals surface area contributed by atoms with E-state index in [9.17, 15) is 9.90 Å². The normalized spacial score (nSPS) is 11.6. The van der Waals surface area contributed by atoms with Gasteiger partial charge in [-0.1, -0.05) is 49.4 Å². The Morgan fingerprint density at radius 1 is 1.10 bits per heavy atom. The highest BCUT2D eigenvalue weighted by atomic mass is 16.4. The van der Waals surface area contributed by atoms with Crippen molar-refractivity contribution in [2.75, 3.05) is 6.54 Å². The van der Waals surface area contributed by atoms with E-state index in [0.29, 0.717) is 19.5 Å². The summed E-state index contributed by atoms with van der Waals surface area (Å²) in [5.41, 5.74) is 4.69. The number of carboxylic acids is 1.